The molecular weight excluding hydrogens is 236 g/mol. The molecule has 0 unspecified atom stereocenters. The molecule has 1 aromatic rings. The smallest absolute Gasteiger partial charge is 0.118 e. The molecule has 0 aromatic heterocycles. The lowest BCUT2D eigenvalue weighted by Gasteiger charge is -2.06. The van der Waals surface area contributed by atoms with Crippen molar-refractivity contribution >= 4 is 0 Å². The fourth-order valence-electron chi connectivity index (χ4n) is 1.97. The lowest BCUT2D eigenvalue weighted by atomic mass is 10.1. The first kappa shape index (κ1) is 16.0. The fourth-order valence-corrected chi connectivity index (χ4v) is 1.97. The molecule has 1 rings (SSSR count). The van der Waals surface area contributed by atoms with E-state index in [0.29, 0.717) is 0 Å². The number of aryl methyl sites for hydroxylation is 1. The van der Waals surface area contributed by atoms with Crippen molar-refractivity contribution in [2.24, 2.45) is 0 Å². The molecule has 0 amide bonds. The third-order valence-electron chi connectivity index (χ3n) is 3.11. The van der Waals surface area contributed by atoms with Gasteiger partial charge in [-0.2, -0.15) is 0 Å². The quantitative estimate of drug-likeness (QED) is 0.603. The molecule has 0 bridgehead atoms. The maximum Gasteiger partial charge on any atom is 0.118 e. The van der Waals surface area contributed by atoms with Crippen molar-refractivity contribution in [1.29, 1.82) is 0 Å². The number of benzene rings is 1. The van der Waals surface area contributed by atoms with Gasteiger partial charge in [0.1, 0.15) is 5.75 Å². The van der Waals surface area contributed by atoms with Crippen LogP contribution in [0.3, 0.4) is 0 Å². The molecule has 0 saturated carbocycles. The van der Waals surface area contributed by atoms with Crippen LogP contribution in [-0.2, 0) is 6.42 Å². The van der Waals surface area contributed by atoms with E-state index < -0.39 is 0 Å². The summed E-state index contributed by atoms with van der Waals surface area (Å²) >= 11 is 0. The Hall–Kier alpha value is -1.06. The minimum Gasteiger partial charge on any atom is -0.497 e. The van der Waals surface area contributed by atoms with E-state index in [4.69, 9.17) is 4.74 Å². The number of rotatable bonds is 11. The van der Waals surface area contributed by atoms with E-state index in [9.17, 15) is 0 Å². The molecule has 0 atom stereocenters. The molecule has 0 aliphatic heterocycles. The summed E-state index contributed by atoms with van der Waals surface area (Å²) in [5, 5.41) is 6.90. The molecule has 0 spiro atoms. The maximum absolute atomic E-state index is 5.15. The zero-order chi connectivity index (χ0) is 13.8. The summed E-state index contributed by atoms with van der Waals surface area (Å²) in [6.45, 7) is 6.67. The minimum absolute atomic E-state index is 0.932. The third-order valence-corrected chi connectivity index (χ3v) is 3.11. The Morgan fingerprint density at radius 1 is 0.895 bits per heavy atom. The van der Waals surface area contributed by atoms with Crippen molar-refractivity contribution in [2.45, 2.75) is 32.6 Å². The summed E-state index contributed by atoms with van der Waals surface area (Å²) in [5.74, 6) is 0.932. The number of nitrogens with one attached hydrogen (secondary N) is 2. The largest absolute Gasteiger partial charge is 0.497 e. The number of hydrogen-bond acceptors (Lipinski definition) is 3. The first-order valence-electron chi connectivity index (χ1n) is 7.41. The van der Waals surface area contributed by atoms with Crippen LogP contribution in [0.1, 0.15) is 31.7 Å². The molecule has 0 aliphatic rings. The normalized spacial score (nSPS) is 10.6. The van der Waals surface area contributed by atoms with Crippen molar-refractivity contribution in [1.82, 2.24) is 10.6 Å². The highest BCUT2D eigenvalue weighted by Gasteiger charge is 1.95. The third kappa shape index (κ3) is 7.85. The van der Waals surface area contributed by atoms with Gasteiger partial charge in [-0.05, 0) is 69.6 Å². The summed E-state index contributed by atoms with van der Waals surface area (Å²) in [4.78, 5) is 0. The summed E-state index contributed by atoms with van der Waals surface area (Å²) in [5.41, 5.74) is 1.38. The van der Waals surface area contributed by atoms with Gasteiger partial charge in [-0.25, -0.2) is 0 Å². The van der Waals surface area contributed by atoms with E-state index in [2.05, 4.69) is 29.7 Å². The Morgan fingerprint density at radius 3 is 2.16 bits per heavy atom. The summed E-state index contributed by atoms with van der Waals surface area (Å²) in [6, 6.07) is 8.35. The van der Waals surface area contributed by atoms with Gasteiger partial charge in [0.05, 0.1) is 7.11 Å². The standard InChI is InChI=1S/C16H28N2O/c1-3-11-17-13-5-14-18-12-4-6-15-7-9-16(19-2)10-8-15/h7-10,17-18H,3-6,11-14H2,1-2H3. The van der Waals surface area contributed by atoms with Crippen LogP contribution >= 0.6 is 0 Å². The molecule has 2 N–H and O–H groups in total. The fraction of sp³-hybridized carbons (Fsp3) is 0.625. The molecule has 19 heavy (non-hydrogen) atoms. The minimum atomic E-state index is 0.932. The van der Waals surface area contributed by atoms with Crippen molar-refractivity contribution in [2.75, 3.05) is 33.3 Å². The van der Waals surface area contributed by atoms with Gasteiger partial charge in [0.15, 0.2) is 0 Å². The van der Waals surface area contributed by atoms with Crippen LogP contribution in [0.25, 0.3) is 0 Å². The van der Waals surface area contributed by atoms with Gasteiger partial charge >= 0.3 is 0 Å². The van der Waals surface area contributed by atoms with Crippen LogP contribution in [0, 0.1) is 0 Å². The lowest BCUT2D eigenvalue weighted by molar-refractivity contribution is 0.414. The first-order valence-corrected chi connectivity index (χ1v) is 7.41. The van der Waals surface area contributed by atoms with Gasteiger partial charge in [0.2, 0.25) is 0 Å². The number of hydrogen-bond donors (Lipinski definition) is 2. The van der Waals surface area contributed by atoms with Gasteiger partial charge in [-0.15, -0.1) is 0 Å². The Balaban J connectivity index is 1.95. The Morgan fingerprint density at radius 2 is 1.53 bits per heavy atom. The second kappa shape index (κ2) is 10.8. The maximum atomic E-state index is 5.15. The second-order valence-electron chi connectivity index (χ2n) is 4.81. The summed E-state index contributed by atoms with van der Waals surface area (Å²) < 4.78 is 5.15. The Labute approximate surface area is 117 Å². The van der Waals surface area contributed by atoms with Crippen LogP contribution in [0.4, 0.5) is 0 Å². The first-order chi connectivity index (χ1) is 9.36. The zero-order valence-electron chi connectivity index (χ0n) is 12.4. The predicted molar refractivity (Wildman–Crippen MR) is 82.0 cm³/mol. The van der Waals surface area contributed by atoms with Gasteiger partial charge in [0, 0.05) is 0 Å². The van der Waals surface area contributed by atoms with Crippen molar-refractivity contribution in [3.05, 3.63) is 29.8 Å². The lowest BCUT2D eigenvalue weighted by Crippen LogP contribution is -2.23. The summed E-state index contributed by atoms with van der Waals surface area (Å²) in [7, 11) is 1.70. The molecule has 0 radical (unpaired) electrons. The highest BCUT2D eigenvalue weighted by molar-refractivity contribution is 5.27. The molecule has 0 aliphatic carbocycles. The second-order valence-corrected chi connectivity index (χ2v) is 4.81. The van der Waals surface area contributed by atoms with E-state index in [1.165, 1.54) is 24.8 Å². The zero-order valence-corrected chi connectivity index (χ0v) is 12.4. The predicted octanol–water partition coefficient (Wildman–Crippen LogP) is 2.61. The van der Waals surface area contributed by atoms with Crippen LogP contribution in [-0.4, -0.2) is 33.3 Å². The highest BCUT2D eigenvalue weighted by atomic mass is 16.5. The van der Waals surface area contributed by atoms with Gasteiger partial charge in [-0.3, -0.25) is 0 Å². The average molecular weight is 264 g/mol. The molecule has 3 heteroatoms. The van der Waals surface area contributed by atoms with E-state index in [0.717, 1.165) is 38.3 Å². The van der Waals surface area contributed by atoms with Crippen LogP contribution < -0.4 is 15.4 Å². The van der Waals surface area contributed by atoms with Crippen molar-refractivity contribution < 1.29 is 4.74 Å². The number of methoxy groups -OCH3 is 1. The molecule has 0 heterocycles. The van der Waals surface area contributed by atoms with E-state index in [-0.39, 0.29) is 0 Å². The van der Waals surface area contributed by atoms with Crippen LogP contribution in [0.5, 0.6) is 5.75 Å². The van der Waals surface area contributed by atoms with Crippen LogP contribution in [0.2, 0.25) is 0 Å². The monoisotopic (exact) mass is 264 g/mol. The van der Waals surface area contributed by atoms with Gasteiger partial charge < -0.3 is 15.4 Å². The molecule has 108 valence electrons. The number of ether oxygens (including phenoxy) is 1. The average Bonchev–Trinajstić information content (AvgIpc) is 2.46. The van der Waals surface area contributed by atoms with Crippen molar-refractivity contribution in [3.63, 3.8) is 0 Å². The van der Waals surface area contributed by atoms with Gasteiger partial charge in [-0.1, -0.05) is 19.1 Å². The van der Waals surface area contributed by atoms with Crippen molar-refractivity contribution in [3.8, 4) is 5.75 Å². The van der Waals surface area contributed by atoms with Crippen LogP contribution in [0.15, 0.2) is 24.3 Å². The molecule has 1 aromatic carbocycles. The van der Waals surface area contributed by atoms with E-state index in [1.54, 1.807) is 7.11 Å². The Bertz CT molecular complexity index is 311. The molecule has 3 nitrogen and oxygen atoms in total. The summed E-state index contributed by atoms with van der Waals surface area (Å²) in [6.07, 6.45) is 4.75. The van der Waals surface area contributed by atoms with E-state index >= 15 is 0 Å². The molecule has 0 fully saturated rings. The SMILES string of the molecule is CCCNCCCNCCCc1ccc(OC)cc1. The molecule has 0 saturated heterocycles. The topological polar surface area (TPSA) is 33.3 Å². The molecular formula is C16H28N2O. The Kier molecular flexibility index (Phi) is 9.11. The highest BCUT2D eigenvalue weighted by Crippen LogP contribution is 2.12. The van der Waals surface area contributed by atoms with Gasteiger partial charge in [0.25, 0.3) is 0 Å². The van der Waals surface area contributed by atoms with E-state index in [1.807, 2.05) is 12.1 Å².